The van der Waals surface area contributed by atoms with E-state index in [9.17, 15) is 26.7 Å². The molecule has 3 atom stereocenters. The van der Waals surface area contributed by atoms with Crippen LogP contribution in [0.4, 0.5) is 5.69 Å². The maximum absolute atomic E-state index is 13.4. The van der Waals surface area contributed by atoms with Crippen molar-refractivity contribution in [2.75, 3.05) is 37.7 Å². The van der Waals surface area contributed by atoms with Crippen molar-refractivity contribution in [3.05, 3.63) is 53.6 Å². The Bertz CT molecular complexity index is 1310. The molecule has 12 heteroatoms. The molecule has 36 heavy (non-hydrogen) atoms. The lowest BCUT2D eigenvalue weighted by atomic mass is 9.99. The standard InChI is InChI=1S/C24H33N3O7S2/c1-16-9-11-19(12-10-16)36(32,33)26(4)14-22-17(2)13-27(18(3)15-28)24(29)20-7-6-8-21(23(20)34-22)25-35(5,30)31/h6-12,17-18,22,25,28H,13-15H2,1-5H3/t17-,18-,22-/m0/s1. The molecular weight excluding hydrogens is 506 g/mol. The number of benzene rings is 2. The fourth-order valence-electron chi connectivity index (χ4n) is 3.98. The van der Waals surface area contributed by atoms with E-state index in [4.69, 9.17) is 4.74 Å². The first-order chi connectivity index (χ1) is 16.7. The van der Waals surface area contributed by atoms with Gasteiger partial charge in [0.15, 0.2) is 5.75 Å². The lowest BCUT2D eigenvalue weighted by Crippen LogP contribution is -2.50. The summed E-state index contributed by atoms with van der Waals surface area (Å²) in [6.07, 6.45) is 0.247. The molecule has 1 aliphatic heterocycles. The van der Waals surface area contributed by atoms with Crippen molar-refractivity contribution >= 4 is 31.6 Å². The second kappa shape index (κ2) is 10.8. The molecule has 0 saturated heterocycles. The zero-order valence-corrected chi connectivity index (χ0v) is 22.6. The normalized spacial score (nSPS) is 19.8. The predicted octanol–water partition coefficient (Wildman–Crippen LogP) is 1.91. The Morgan fingerprint density at radius 2 is 1.81 bits per heavy atom. The quantitative estimate of drug-likeness (QED) is 0.523. The molecule has 1 heterocycles. The highest BCUT2D eigenvalue weighted by Gasteiger charge is 2.36. The third-order valence-electron chi connectivity index (χ3n) is 6.15. The van der Waals surface area contributed by atoms with Crippen LogP contribution in [0.15, 0.2) is 47.4 Å². The first kappa shape index (κ1) is 27.9. The molecule has 198 valence electrons. The van der Waals surface area contributed by atoms with Gasteiger partial charge in [0.2, 0.25) is 20.0 Å². The number of carbonyl (C=O) groups excluding carboxylic acids is 1. The summed E-state index contributed by atoms with van der Waals surface area (Å²) < 4.78 is 60.3. The number of anilines is 1. The van der Waals surface area contributed by atoms with Crippen LogP contribution in [0.1, 0.15) is 29.8 Å². The summed E-state index contributed by atoms with van der Waals surface area (Å²) in [7, 11) is -6.09. The molecule has 0 spiro atoms. The van der Waals surface area contributed by atoms with E-state index in [-0.39, 0.29) is 47.5 Å². The third kappa shape index (κ3) is 6.17. The average molecular weight is 540 g/mol. The largest absolute Gasteiger partial charge is 0.486 e. The smallest absolute Gasteiger partial charge is 0.258 e. The molecule has 10 nitrogen and oxygen atoms in total. The first-order valence-corrected chi connectivity index (χ1v) is 14.8. The molecule has 2 N–H and O–H groups in total. The SMILES string of the molecule is Cc1ccc(S(=O)(=O)N(C)C[C@@H]2Oc3c(NS(C)(=O)=O)cccc3C(=O)N([C@@H](C)CO)C[C@@H]2C)cc1. The number of para-hydroxylation sites is 1. The molecule has 2 aromatic rings. The average Bonchev–Trinajstić information content (AvgIpc) is 2.80. The van der Waals surface area contributed by atoms with Crippen LogP contribution in [0, 0.1) is 12.8 Å². The van der Waals surface area contributed by atoms with Crippen LogP contribution in [0.25, 0.3) is 0 Å². The van der Waals surface area contributed by atoms with Crippen LogP contribution in [-0.4, -0.2) is 82.2 Å². The highest BCUT2D eigenvalue weighted by molar-refractivity contribution is 7.92. The molecule has 2 aromatic carbocycles. The maximum atomic E-state index is 13.4. The molecular formula is C24H33N3O7S2. The van der Waals surface area contributed by atoms with Gasteiger partial charge >= 0.3 is 0 Å². The number of ether oxygens (including phenoxy) is 1. The fourth-order valence-corrected chi connectivity index (χ4v) is 5.73. The summed E-state index contributed by atoms with van der Waals surface area (Å²) in [6.45, 7) is 5.26. The van der Waals surface area contributed by atoms with Gasteiger partial charge in [0.25, 0.3) is 5.91 Å². The molecule has 0 bridgehead atoms. The number of fused-ring (bicyclic) bond motifs is 1. The van der Waals surface area contributed by atoms with E-state index in [1.807, 2.05) is 13.8 Å². The monoisotopic (exact) mass is 539 g/mol. The van der Waals surface area contributed by atoms with Crippen LogP contribution in [0.3, 0.4) is 0 Å². The number of rotatable bonds is 8. The molecule has 0 aliphatic carbocycles. The van der Waals surface area contributed by atoms with E-state index < -0.39 is 38.1 Å². The number of carbonyl (C=O) groups is 1. The Morgan fingerprint density at radius 1 is 1.17 bits per heavy atom. The second-order valence-electron chi connectivity index (χ2n) is 9.28. The highest BCUT2D eigenvalue weighted by Crippen LogP contribution is 2.35. The highest BCUT2D eigenvalue weighted by atomic mass is 32.2. The number of sulfonamides is 2. The van der Waals surface area contributed by atoms with Crippen molar-refractivity contribution in [1.29, 1.82) is 0 Å². The van der Waals surface area contributed by atoms with E-state index >= 15 is 0 Å². The van der Waals surface area contributed by atoms with Crippen LogP contribution >= 0.6 is 0 Å². The molecule has 1 amide bonds. The topological polar surface area (TPSA) is 133 Å². The van der Waals surface area contributed by atoms with Gasteiger partial charge in [0, 0.05) is 19.5 Å². The van der Waals surface area contributed by atoms with Crippen molar-refractivity contribution in [3.63, 3.8) is 0 Å². The van der Waals surface area contributed by atoms with Crippen molar-refractivity contribution in [3.8, 4) is 5.75 Å². The number of amides is 1. The van der Waals surface area contributed by atoms with Gasteiger partial charge in [-0.05, 0) is 38.1 Å². The Balaban J connectivity index is 2.05. The van der Waals surface area contributed by atoms with Gasteiger partial charge < -0.3 is 14.7 Å². The Kier molecular flexibility index (Phi) is 8.33. The third-order valence-corrected chi connectivity index (χ3v) is 8.58. The summed E-state index contributed by atoms with van der Waals surface area (Å²) in [5, 5.41) is 9.77. The Morgan fingerprint density at radius 3 is 2.39 bits per heavy atom. The maximum Gasteiger partial charge on any atom is 0.258 e. The minimum Gasteiger partial charge on any atom is -0.486 e. The summed E-state index contributed by atoms with van der Waals surface area (Å²) in [6, 6.07) is 10.5. The number of hydrogen-bond donors (Lipinski definition) is 2. The number of aliphatic hydroxyl groups excluding tert-OH is 1. The Labute approximate surface area is 213 Å². The van der Waals surface area contributed by atoms with E-state index in [1.165, 1.54) is 46.6 Å². The summed E-state index contributed by atoms with van der Waals surface area (Å²) >= 11 is 0. The van der Waals surface area contributed by atoms with Crippen LogP contribution in [0.5, 0.6) is 5.75 Å². The number of aliphatic hydroxyl groups is 1. The fraction of sp³-hybridized carbons (Fsp3) is 0.458. The summed E-state index contributed by atoms with van der Waals surface area (Å²) in [5.41, 5.74) is 1.12. The number of aryl methyl sites for hydroxylation is 1. The van der Waals surface area contributed by atoms with Gasteiger partial charge in [-0.3, -0.25) is 9.52 Å². The van der Waals surface area contributed by atoms with E-state index in [0.29, 0.717) is 0 Å². The molecule has 3 rings (SSSR count). The number of nitrogens with zero attached hydrogens (tertiary/aromatic N) is 2. The van der Waals surface area contributed by atoms with E-state index in [2.05, 4.69) is 4.72 Å². The molecule has 1 aliphatic rings. The number of hydrogen-bond acceptors (Lipinski definition) is 7. The first-order valence-electron chi connectivity index (χ1n) is 11.5. The van der Waals surface area contributed by atoms with Crippen molar-refractivity contribution in [2.24, 2.45) is 5.92 Å². The predicted molar refractivity (Wildman–Crippen MR) is 137 cm³/mol. The van der Waals surface area contributed by atoms with Gasteiger partial charge in [0.1, 0.15) is 6.10 Å². The zero-order valence-electron chi connectivity index (χ0n) is 21.0. The van der Waals surface area contributed by atoms with Crippen LogP contribution in [-0.2, 0) is 20.0 Å². The summed E-state index contributed by atoms with van der Waals surface area (Å²) in [5.74, 6) is -0.770. The number of likely N-dealkylation sites (N-methyl/N-ethyl adjacent to an activating group) is 1. The van der Waals surface area contributed by atoms with Gasteiger partial charge in [-0.25, -0.2) is 16.8 Å². The second-order valence-corrected chi connectivity index (χ2v) is 13.1. The minimum atomic E-state index is -3.84. The van der Waals surface area contributed by atoms with Crippen LogP contribution in [0.2, 0.25) is 0 Å². The molecule has 0 fully saturated rings. The van der Waals surface area contributed by atoms with Gasteiger partial charge in [0.05, 0.1) is 41.6 Å². The molecule has 0 unspecified atom stereocenters. The molecule has 0 aromatic heterocycles. The van der Waals surface area contributed by atoms with E-state index in [1.54, 1.807) is 19.1 Å². The number of nitrogens with one attached hydrogen (secondary N) is 1. The van der Waals surface area contributed by atoms with Crippen molar-refractivity contribution in [1.82, 2.24) is 9.21 Å². The minimum absolute atomic E-state index is 0.0146. The lowest BCUT2D eigenvalue weighted by Gasteiger charge is -2.38. The zero-order chi connectivity index (χ0) is 26.8. The lowest BCUT2D eigenvalue weighted by molar-refractivity contribution is 0.0389. The van der Waals surface area contributed by atoms with Gasteiger partial charge in [-0.2, -0.15) is 4.31 Å². The molecule has 0 radical (unpaired) electrons. The van der Waals surface area contributed by atoms with E-state index in [0.717, 1.165) is 11.8 Å². The van der Waals surface area contributed by atoms with Crippen molar-refractivity contribution < 1.29 is 31.5 Å². The van der Waals surface area contributed by atoms with Crippen molar-refractivity contribution in [2.45, 2.75) is 37.8 Å². The van der Waals surface area contributed by atoms with Gasteiger partial charge in [-0.1, -0.05) is 30.7 Å². The van der Waals surface area contributed by atoms with Crippen LogP contribution < -0.4 is 9.46 Å². The summed E-state index contributed by atoms with van der Waals surface area (Å²) in [4.78, 5) is 15.0. The van der Waals surface area contributed by atoms with Gasteiger partial charge in [-0.15, -0.1) is 0 Å². The Hall–Kier alpha value is -2.67. The molecule has 0 saturated carbocycles.